The van der Waals surface area contributed by atoms with E-state index in [9.17, 15) is 13.2 Å². The van der Waals surface area contributed by atoms with Crippen LogP contribution in [0.25, 0.3) is 0 Å². The Morgan fingerprint density at radius 1 is 0.889 bits per heavy atom. The lowest BCUT2D eigenvalue weighted by Gasteiger charge is -2.43. The molecule has 0 N–H and O–H groups in total. The van der Waals surface area contributed by atoms with E-state index in [1.807, 2.05) is 18.2 Å². The summed E-state index contributed by atoms with van der Waals surface area (Å²) in [6.45, 7) is 1.66. The van der Waals surface area contributed by atoms with Gasteiger partial charge >= 0.3 is 0 Å². The average Bonchev–Trinajstić information content (AvgIpc) is 3.12. The molecule has 0 atom stereocenters. The Labute approximate surface area is 159 Å². The second-order valence-electron chi connectivity index (χ2n) is 6.83. The third kappa shape index (κ3) is 3.26. The zero-order chi connectivity index (χ0) is 18.9. The first kappa shape index (κ1) is 18.2. The highest BCUT2D eigenvalue weighted by Gasteiger charge is 2.48. The van der Waals surface area contributed by atoms with Crippen LogP contribution >= 0.6 is 0 Å². The van der Waals surface area contributed by atoms with Crippen LogP contribution in [0.5, 0.6) is 0 Å². The molecule has 2 aromatic carbocycles. The van der Waals surface area contributed by atoms with Gasteiger partial charge in [-0.05, 0) is 24.3 Å². The summed E-state index contributed by atoms with van der Waals surface area (Å²) in [6.07, 6.45) is 0.940. The standard InChI is InChI=1S/C20H22N2O4S/c23-19(17-7-3-1-4-8-17)22-15-16-26-20(22)11-13-21(14-12-20)27(24,25)18-9-5-2-6-10-18/h1-10H,11-16H2. The van der Waals surface area contributed by atoms with Gasteiger partial charge in [-0.25, -0.2) is 8.42 Å². The van der Waals surface area contributed by atoms with Crippen molar-refractivity contribution in [2.45, 2.75) is 23.5 Å². The van der Waals surface area contributed by atoms with Gasteiger partial charge in [0.2, 0.25) is 10.0 Å². The van der Waals surface area contributed by atoms with Gasteiger partial charge < -0.3 is 9.64 Å². The summed E-state index contributed by atoms with van der Waals surface area (Å²) < 4.78 is 33.1. The van der Waals surface area contributed by atoms with E-state index in [-0.39, 0.29) is 5.91 Å². The summed E-state index contributed by atoms with van der Waals surface area (Å²) >= 11 is 0. The van der Waals surface area contributed by atoms with Gasteiger partial charge in [0.25, 0.3) is 5.91 Å². The number of hydrogen-bond donors (Lipinski definition) is 0. The van der Waals surface area contributed by atoms with Crippen molar-refractivity contribution < 1.29 is 17.9 Å². The number of carbonyl (C=O) groups is 1. The molecule has 4 rings (SSSR count). The lowest BCUT2D eigenvalue weighted by Crippen LogP contribution is -2.55. The first-order chi connectivity index (χ1) is 13.0. The molecule has 1 amide bonds. The molecule has 2 aliphatic rings. The van der Waals surface area contributed by atoms with Crippen LogP contribution in [0.3, 0.4) is 0 Å². The van der Waals surface area contributed by atoms with Crippen LogP contribution in [-0.4, -0.2) is 55.5 Å². The van der Waals surface area contributed by atoms with Crippen molar-refractivity contribution in [3.8, 4) is 0 Å². The van der Waals surface area contributed by atoms with E-state index in [1.54, 1.807) is 47.4 Å². The van der Waals surface area contributed by atoms with E-state index in [0.717, 1.165) is 0 Å². The van der Waals surface area contributed by atoms with Crippen molar-refractivity contribution in [3.63, 3.8) is 0 Å². The second kappa shape index (κ2) is 7.07. The SMILES string of the molecule is O=C(c1ccccc1)N1CCOC12CCN(S(=O)(=O)c1ccccc1)CC2. The Balaban J connectivity index is 1.51. The minimum atomic E-state index is -3.52. The molecule has 2 saturated heterocycles. The smallest absolute Gasteiger partial charge is 0.256 e. The number of nitrogens with zero attached hydrogens (tertiary/aromatic N) is 2. The summed E-state index contributed by atoms with van der Waals surface area (Å²) in [5.41, 5.74) is -0.0861. The highest BCUT2D eigenvalue weighted by Crippen LogP contribution is 2.36. The van der Waals surface area contributed by atoms with Gasteiger partial charge in [-0.3, -0.25) is 4.79 Å². The molecule has 7 heteroatoms. The second-order valence-corrected chi connectivity index (χ2v) is 8.77. The molecule has 2 fully saturated rings. The molecule has 0 bridgehead atoms. The molecular formula is C20H22N2O4S. The zero-order valence-corrected chi connectivity index (χ0v) is 15.8. The van der Waals surface area contributed by atoms with Crippen molar-refractivity contribution in [2.75, 3.05) is 26.2 Å². The molecule has 27 heavy (non-hydrogen) atoms. The number of rotatable bonds is 3. The van der Waals surface area contributed by atoms with Crippen molar-refractivity contribution in [1.29, 1.82) is 0 Å². The quantitative estimate of drug-likeness (QED) is 0.812. The minimum Gasteiger partial charge on any atom is -0.354 e. The van der Waals surface area contributed by atoms with Crippen molar-refractivity contribution in [2.24, 2.45) is 0 Å². The first-order valence-corrected chi connectivity index (χ1v) is 10.5. The van der Waals surface area contributed by atoms with E-state index in [0.29, 0.717) is 49.5 Å². The fraction of sp³-hybridized carbons (Fsp3) is 0.350. The zero-order valence-electron chi connectivity index (χ0n) is 15.0. The summed E-state index contributed by atoms with van der Waals surface area (Å²) in [7, 11) is -3.52. The topological polar surface area (TPSA) is 66.9 Å². The predicted molar refractivity (Wildman–Crippen MR) is 101 cm³/mol. The van der Waals surface area contributed by atoms with Crippen LogP contribution < -0.4 is 0 Å². The van der Waals surface area contributed by atoms with Gasteiger partial charge in [0.1, 0.15) is 5.72 Å². The van der Waals surface area contributed by atoms with Crippen LogP contribution in [0.15, 0.2) is 65.6 Å². The van der Waals surface area contributed by atoms with Gasteiger partial charge in [-0.1, -0.05) is 36.4 Å². The summed E-state index contributed by atoms with van der Waals surface area (Å²) in [5.74, 6) is -0.0625. The van der Waals surface area contributed by atoms with Gasteiger partial charge in [-0.2, -0.15) is 4.31 Å². The Hall–Kier alpha value is -2.22. The molecule has 1 spiro atoms. The number of hydrogen-bond acceptors (Lipinski definition) is 4. The molecule has 0 aromatic heterocycles. The molecule has 0 saturated carbocycles. The van der Waals surface area contributed by atoms with E-state index in [2.05, 4.69) is 0 Å². The van der Waals surface area contributed by atoms with Crippen LogP contribution in [0, 0.1) is 0 Å². The highest BCUT2D eigenvalue weighted by atomic mass is 32.2. The van der Waals surface area contributed by atoms with Gasteiger partial charge in [-0.15, -0.1) is 0 Å². The third-order valence-electron chi connectivity index (χ3n) is 5.33. The number of benzene rings is 2. The molecule has 2 aromatic rings. The average molecular weight is 386 g/mol. The van der Waals surface area contributed by atoms with Gasteiger partial charge in [0.15, 0.2) is 0 Å². The number of sulfonamides is 1. The first-order valence-electron chi connectivity index (χ1n) is 9.09. The fourth-order valence-corrected chi connectivity index (χ4v) is 5.33. The summed E-state index contributed by atoms with van der Waals surface area (Å²) in [4.78, 5) is 15.0. The third-order valence-corrected chi connectivity index (χ3v) is 7.24. The van der Waals surface area contributed by atoms with Crippen LogP contribution in [-0.2, 0) is 14.8 Å². The summed E-state index contributed by atoms with van der Waals surface area (Å²) in [5, 5.41) is 0. The molecule has 0 unspecified atom stereocenters. The lowest BCUT2D eigenvalue weighted by molar-refractivity contribution is -0.0962. The van der Waals surface area contributed by atoms with E-state index in [4.69, 9.17) is 4.74 Å². The lowest BCUT2D eigenvalue weighted by atomic mass is 9.99. The Morgan fingerprint density at radius 2 is 1.48 bits per heavy atom. The number of piperidine rings is 1. The van der Waals surface area contributed by atoms with Crippen molar-refractivity contribution in [1.82, 2.24) is 9.21 Å². The molecule has 6 nitrogen and oxygen atoms in total. The Bertz CT molecular complexity index is 908. The maximum atomic E-state index is 12.9. The minimum absolute atomic E-state index is 0.0625. The van der Waals surface area contributed by atoms with Gasteiger partial charge in [0.05, 0.1) is 11.5 Å². The predicted octanol–water partition coefficient (Wildman–Crippen LogP) is 2.34. The molecule has 142 valence electrons. The molecule has 2 aliphatic heterocycles. The normalized spacial score (nSPS) is 20.1. The fourth-order valence-electron chi connectivity index (χ4n) is 3.86. The molecular weight excluding hydrogens is 364 g/mol. The van der Waals surface area contributed by atoms with E-state index < -0.39 is 15.7 Å². The molecule has 2 heterocycles. The van der Waals surface area contributed by atoms with Crippen molar-refractivity contribution >= 4 is 15.9 Å². The largest absolute Gasteiger partial charge is 0.354 e. The number of carbonyl (C=O) groups excluding carboxylic acids is 1. The van der Waals surface area contributed by atoms with Crippen LogP contribution in [0.1, 0.15) is 23.2 Å². The molecule has 0 radical (unpaired) electrons. The Morgan fingerprint density at radius 3 is 2.11 bits per heavy atom. The Kier molecular flexibility index (Phi) is 4.75. The number of amides is 1. The maximum absolute atomic E-state index is 12.9. The molecule has 0 aliphatic carbocycles. The van der Waals surface area contributed by atoms with Gasteiger partial charge in [0, 0.05) is 38.0 Å². The maximum Gasteiger partial charge on any atom is 0.256 e. The van der Waals surface area contributed by atoms with Crippen molar-refractivity contribution in [3.05, 3.63) is 66.2 Å². The highest BCUT2D eigenvalue weighted by molar-refractivity contribution is 7.89. The summed E-state index contributed by atoms with van der Waals surface area (Å²) in [6, 6.07) is 17.6. The number of ether oxygens (including phenoxy) is 1. The van der Waals surface area contributed by atoms with E-state index >= 15 is 0 Å². The van der Waals surface area contributed by atoms with E-state index in [1.165, 1.54) is 4.31 Å². The van der Waals surface area contributed by atoms with Crippen LogP contribution in [0.2, 0.25) is 0 Å². The van der Waals surface area contributed by atoms with Crippen LogP contribution in [0.4, 0.5) is 0 Å². The monoisotopic (exact) mass is 386 g/mol.